The first-order chi connectivity index (χ1) is 13.5. The molecular formula is C22H35IN4OS. The largest absolute Gasteiger partial charge is 0.357 e. The number of rotatable bonds is 4. The fourth-order valence-corrected chi connectivity index (χ4v) is 4.93. The number of nitrogens with zero attached hydrogens (tertiary/aromatic N) is 3. The number of thioether (sulfide) groups is 1. The van der Waals surface area contributed by atoms with Crippen LogP contribution in [0.2, 0.25) is 0 Å². The maximum absolute atomic E-state index is 12.6. The average molecular weight is 531 g/mol. The number of hydrogen-bond acceptors (Lipinski definition) is 3. The quantitative estimate of drug-likeness (QED) is 0.360. The summed E-state index contributed by atoms with van der Waals surface area (Å²) >= 11 is 2.03. The predicted molar refractivity (Wildman–Crippen MR) is 135 cm³/mol. The second-order valence-electron chi connectivity index (χ2n) is 8.25. The standard InChI is InChI=1S/C22H34N4OS.HI/c1-4-23-21(26-14-15-28-22(2,3)17-26)24-16-18-8-10-19(11-9-18)20(27)25-12-6-5-7-13-25;/h8-11H,4-7,12-17H2,1-3H3,(H,23,24);1H. The van der Waals surface area contributed by atoms with Gasteiger partial charge in [0.05, 0.1) is 6.54 Å². The number of aliphatic imine (C=N–C) groups is 1. The zero-order valence-corrected chi connectivity index (χ0v) is 21.1. The lowest BCUT2D eigenvalue weighted by Gasteiger charge is -2.39. The molecular weight excluding hydrogens is 495 g/mol. The van der Waals surface area contributed by atoms with Gasteiger partial charge in [0, 0.05) is 48.8 Å². The lowest BCUT2D eigenvalue weighted by molar-refractivity contribution is 0.0724. The molecule has 3 rings (SSSR count). The molecule has 0 aliphatic carbocycles. The van der Waals surface area contributed by atoms with E-state index in [1.165, 1.54) is 6.42 Å². The van der Waals surface area contributed by atoms with Gasteiger partial charge >= 0.3 is 0 Å². The molecule has 0 bridgehead atoms. The summed E-state index contributed by atoms with van der Waals surface area (Å²) in [5.74, 6) is 2.28. The molecule has 2 saturated heterocycles. The van der Waals surface area contributed by atoms with E-state index in [1.807, 2.05) is 40.9 Å². The normalized spacial score (nSPS) is 19.5. The van der Waals surface area contributed by atoms with Crippen LogP contribution in [-0.4, -0.2) is 64.9 Å². The Kier molecular flexibility index (Phi) is 9.59. The minimum Gasteiger partial charge on any atom is -0.357 e. The number of amides is 1. The topological polar surface area (TPSA) is 47.9 Å². The molecule has 0 unspecified atom stereocenters. The zero-order valence-electron chi connectivity index (χ0n) is 17.9. The molecule has 0 atom stereocenters. The molecule has 7 heteroatoms. The monoisotopic (exact) mass is 530 g/mol. The Labute approximate surface area is 197 Å². The lowest BCUT2D eigenvalue weighted by atomic mass is 10.1. The molecule has 2 fully saturated rings. The van der Waals surface area contributed by atoms with Crippen molar-refractivity contribution < 1.29 is 4.79 Å². The van der Waals surface area contributed by atoms with Crippen LogP contribution in [0.15, 0.2) is 29.3 Å². The van der Waals surface area contributed by atoms with Gasteiger partial charge < -0.3 is 15.1 Å². The number of halogens is 1. The lowest BCUT2D eigenvalue weighted by Crippen LogP contribution is -2.50. The van der Waals surface area contributed by atoms with Crippen molar-refractivity contribution in [3.63, 3.8) is 0 Å². The number of piperidine rings is 1. The van der Waals surface area contributed by atoms with E-state index in [9.17, 15) is 4.79 Å². The molecule has 1 N–H and O–H groups in total. The summed E-state index contributed by atoms with van der Waals surface area (Å²) in [4.78, 5) is 21.8. The zero-order chi connectivity index (χ0) is 20.0. The van der Waals surface area contributed by atoms with Crippen molar-refractivity contribution in [1.29, 1.82) is 0 Å². The van der Waals surface area contributed by atoms with Gasteiger partial charge in [-0.15, -0.1) is 24.0 Å². The fourth-order valence-electron chi connectivity index (χ4n) is 3.82. The first-order valence-electron chi connectivity index (χ1n) is 10.5. The Hall–Kier alpha value is -0.960. The number of carbonyl (C=O) groups excluding carboxylic acids is 1. The van der Waals surface area contributed by atoms with Gasteiger partial charge in [-0.05, 0) is 57.7 Å². The smallest absolute Gasteiger partial charge is 0.253 e. The van der Waals surface area contributed by atoms with E-state index in [2.05, 4.69) is 31.0 Å². The molecule has 2 aliphatic rings. The van der Waals surface area contributed by atoms with Crippen LogP contribution in [0.3, 0.4) is 0 Å². The SMILES string of the molecule is CCNC(=NCc1ccc(C(=O)N2CCCCC2)cc1)N1CCSC(C)(C)C1.I. The van der Waals surface area contributed by atoms with E-state index in [4.69, 9.17) is 4.99 Å². The fraction of sp³-hybridized carbons (Fsp3) is 0.636. The number of nitrogens with one attached hydrogen (secondary N) is 1. The Morgan fingerprint density at radius 1 is 1.10 bits per heavy atom. The van der Waals surface area contributed by atoms with Gasteiger partial charge in [0.1, 0.15) is 0 Å². The van der Waals surface area contributed by atoms with Crippen LogP contribution in [-0.2, 0) is 6.54 Å². The maximum atomic E-state index is 12.6. The maximum Gasteiger partial charge on any atom is 0.253 e. The molecule has 29 heavy (non-hydrogen) atoms. The van der Waals surface area contributed by atoms with E-state index in [1.54, 1.807) is 0 Å². The summed E-state index contributed by atoms with van der Waals surface area (Å²) in [6.45, 7) is 12.0. The van der Waals surface area contributed by atoms with E-state index < -0.39 is 0 Å². The van der Waals surface area contributed by atoms with Gasteiger partial charge in [0.15, 0.2) is 5.96 Å². The van der Waals surface area contributed by atoms with Crippen molar-refractivity contribution in [2.24, 2.45) is 4.99 Å². The molecule has 1 aromatic carbocycles. The molecule has 162 valence electrons. The van der Waals surface area contributed by atoms with Crippen LogP contribution in [0, 0.1) is 0 Å². The highest BCUT2D eigenvalue weighted by molar-refractivity contribution is 14.0. The molecule has 1 aromatic rings. The molecule has 1 amide bonds. The van der Waals surface area contributed by atoms with Gasteiger partial charge in [-0.25, -0.2) is 4.99 Å². The third kappa shape index (κ3) is 7.05. The van der Waals surface area contributed by atoms with Crippen LogP contribution in [0.4, 0.5) is 0 Å². The van der Waals surface area contributed by atoms with Gasteiger partial charge in [0.2, 0.25) is 0 Å². The average Bonchev–Trinajstić information content (AvgIpc) is 2.71. The highest BCUT2D eigenvalue weighted by atomic mass is 127. The molecule has 0 spiro atoms. The van der Waals surface area contributed by atoms with E-state index in [0.29, 0.717) is 6.54 Å². The number of likely N-dealkylation sites (tertiary alicyclic amines) is 1. The third-order valence-electron chi connectivity index (χ3n) is 5.32. The molecule has 2 heterocycles. The van der Waals surface area contributed by atoms with E-state index in [0.717, 1.165) is 68.4 Å². The van der Waals surface area contributed by atoms with Gasteiger partial charge in [0.25, 0.3) is 5.91 Å². The summed E-state index contributed by atoms with van der Waals surface area (Å²) in [7, 11) is 0. The Bertz CT molecular complexity index is 687. The van der Waals surface area contributed by atoms with Crippen molar-refractivity contribution >= 4 is 47.6 Å². The summed E-state index contributed by atoms with van der Waals surface area (Å²) in [6, 6.07) is 7.99. The molecule has 5 nitrogen and oxygen atoms in total. The Balaban J connectivity index is 0.00000300. The number of guanidine groups is 1. The molecule has 0 aromatic heterocycles. The van der Waals surface area contributed by atoms with E-state index >= 15 is 0 Å². The number of hydrogen-bond donors (Lipinski definition) is 1. The summed E-state index contributed by atoms with van der Waals surface area (Å²) < 4.78 is 0.255. The van der Waals surface area contributed by atoms with Crippen LogP contribution in [0.5, 0.6) is 0 Å². The van der Waals surface area contributed by atoms with Gasteiger partial charge in [-0.2, -0.15) is 11.8 Å². The minimum absolute atomic E-state index is 0. The van der Waals surface area contributed by atoms with Crippen molar-refractivity contribution in [1.82, 2.24) is 15.1 Å². The van der Waals surface area contributed by atoms with Gasteiger partial charge in [-0.1, -0.05) is 12.1 Å². The number of benzene rings is 1. The molecule has 0 radical (unpaired) electrons. The summed E-state index contributed by atoms with van der Waals surface area (Å²) in [5.41, 5.74) is 1.92. The minimum atomic E-state index is 0. The summed E-state index contributed by atoms with van der Waals surface area (Å²) in [6.07, 6.45) is 3.48. The molecule has 0 saturated carbocycles. The first-order valence-corrected chi connectivity index (χ1v) is 11.5. The highest BCUT2D eigenvalue weighted by Gasteiger charge is 2.28. The van der Waals surface area contributed by atoms with Crippen molar-refractivity contribution in [3.8, 4) is 0 Å². The van der Waals surface area contributed by atoms with E-state index in [-0.39, 0.29) is 34.6 Å². The summed E-state index contributed by atoms with van der Waals surface area (Å²) in [5, 5.41) is 3.44. The van der Waals surface area contributed by atoms with Crippen LogP contribution >= 0.6 is 35.7 Å². The van der Waals surface area contributed by atoms with Gasteiger partial charge in [-0.3, -0.25) is 4.79 Å². The second-order valence-corrected chi connectivity index (χ2v) is 10.1. The second kappa shape index (κ2) is 11.4. The van der Waals surface area contributed by atoms with Crippen LogP contribution < -0.4 is 5.32 Å². The van der Waals surface area contributed by atoms with Crippen LogP contribution in [0.1, 0.15) is 56.0 Å². The number of carbonyl (C=O) groups is 1. The first kappa shape index (κ1) is 24.3. The third-order valence-corrected chi connectivity index (χ3v) is 6.61. The van der Waals surface area contributed by atoms with Crippen molar-refractivity contribution in [2.45, 2.75) is 51.3 Å². The molecule has 2 aliphatic heterocycles. The van der Waals surface area contributed by atoms with Crippen LogP contribution in [0.25, 0.3) is 0 Å². The van der Waals surface area contributed by atoms with Crippen molar-refractivity contribution in [3.05, 3.63) is 35.4 Å². The Morgan fingerprint density at radius 3 is 2.41 bits per heavy atom. The predicted octanol–water partition coefficient (Wildman–Crippen LogP) is 4.22. The highest BCUT2D eigenvalue weighted by Crippen LogP contribution is 2.29. The Morgan fingerprint density at radius 2 is 1.79 bits per heavy atom. The van der Waals surface area contributed by atoms with Crippen molar-refractivity contribution in [2.75, 3.05) is 38.5 Å².